The lowest BCUT2D eigenvalue weighted by molar-refractivity contribution is -0.474. The minimum Gasteiger partial charge on any atom is -0.200 e. The zero-order valence-electron chi connectivity index (χ0n) is 20.5. The molecule has 0 aromatic carbocycles. The van der Waals surface area contributed by atoms with Crippen LogP contribution in [0.2, 0.25) is 0 Å². The van der Waals surface area contributed by atoms with Crippen molar-refractivity contribution in [3.8, 4) is 0 Å². The third-order valence-electron chi connectivity index (χ3n) is 5.97. The molecular weight excluding hydrogens is 671 g/mol. The molecule has 0 unspecified atom stereocenters. The van der Waals surface area contributed by atoms with E-state index in [1.165, 1.54) is 0 Å². The zero-order valence-corrected chi connectivity index (χ0v) is 21.3. The molecule has 0 saturated heterocycles. The van der Waals surface area contributed by atoms with Gasteiger partial charge in [-0.15, -0.1) is 0 Å². The molecule has 0 heterocycles. The zero-order chi connectivity index (χ0) is 34.1. The van der Waals surface area contributed by atoms with Gasteiger partial charge in [-0.25, -0.2) is 0 Å². The van der Waals surface area contributed by atoms with Crippen molar-refractivity contribution in [1.29, 1.82) is 0 Å². The Morgan fingerprint density at radius 2 is 0.524 bits per heavy atom. The Morgan fingerprint density at radius 3 is 0.810 bits per heavy atom. The molecule has 0 amide bonds. The molecule has 0 atom stereocenters. The van der Waals surface area contributed by atoms with E-state index in [0.29, 0.717) is 31.4 Å². The van der Waals surface area contributed by atoms with Gasteiger partial charge in [0.25, 0.3) is 0 Å². The Morgan fingerprint density at radius 1 is 0.286 bits per heavy atom. The van der Waals surface area contributed by atoms with E-state index in [1.54, 1.807) is 0 Å². The molecule has 0 aliphatic heterocycles. The van der Waals surface area contributed by atoms with Crippen molar-refractivity contribution in [3.63, 3.8) is 0 Å². The molecule has 0 saturated carbocycles. The van der Waals surface area contributed by atoms with Crippen molar-refractivity contribution in [2.75, 3.05) is 5.75 Å². The highest BCUT2D eigenvalue weighted by Gasteiger charge is 2.97. The first-order valence-corrected chi connectivity index (χ1v) is 12.0. The average molecular weight is 692 g/mol. The van der Waals surface area contributed by atoms with Crippen LogP contribution in [0.4, 0.5) is 92.2 Å². The predicted octanol–water partition coefficient (Wildman–Crippen LogP) is 10.7. The highest BCUT2D eigenvalue weighted by molar-refractivity contribution is 7.80. The maximum absolute atomic E-state index is 13.8. The first-order chi connectivity index (χ1) is 18.3. The summed E-state index contributed by atoms with van der Waals surface area (Å²) in [4.78, 5) is 0. The normalized spacial score (nSPS) is 15.9. The molecule has 0 bridgehead atoms. The van der Waals surface area contributed by atoms with Crippen molar-refractivity contribution in [2.45, 2.75) is 117 Å². The number of rotatable bonds is 18. The molecular formula is C20H21F21S. The topological polar surface area (TPSA) is 0 Å². The molecule has 0 rings (SSSR count). The summed E-state index contributed by atoms with van der Waals surface area (Å²) >= 11 is 3.91. The van der Waals surface area contributed by atoms with Gasteiger partial charge in [0.15, 0.2) is 0 Å². The number of hydrogen-bond donors (Lipinski definition) is 1. The van der Waals surface area contributed by atoms with Crippen molar-refractivity contribution in [1.82, 2.24) is 0 Å². The van der Waals surface area contributed by atoms with Crippen LogP contribution in [0, 0.1) is 0 Å². The number of hydrogen-bond acceptors (Lipinski definition) is 1. The summed E-state index contributed by atoms with van der Waals surface area (Å²) in [6.07, 6.45) is -9.50. The van der Waals surface area contributed by atoms with E-state index >= 15 is 0 Å². The lowest BCUT2D eigenvalue weighted by Crippen LogP contribution is -2.76. The van der Waals surface area contributed by atoms with Gasteiger partial charge in [-0.2, -0.15) is 105 Å². The van der Waals surface area contributed by atoms with E-state index in [2.05, 4.69) is 12.6 Å². The van der Waals surface area contributed by atoms with Crippen LogP contribution < -0.4 is 0 Å². The fourth-order valence-electron chi connectivity index (χ4n) is 3.27. The van der Waals surface area contributed by atoms with Crippen LogP contribution >= 0.6 is 12.6 Å². The Kier molecular flexibility index (Phi) is 12.4. The van der Waals surface area contributed by atoms with Gasteiger partial charge < -0.3 is 0 Å². The van der Waals surface area contributed by atoms with Crippen molar-refractivity contribution < 1.29 is 92.2 Å². The molecule has 0 N–H and O–H groups in total. The molecule has 254 valence electrons. The van der Waals surface area contributed by atoms with Gasteiger partial charge in [-0.3, -0.25) is 0 Å². The Labute approximate surface area is 228 Å². The third-order valence-corrected chi connectivity index (χ3v) is 6.29. The second kappa shape index (κ2) is 12.7. The van der Waals surface area contributed by atoms with Crippen LogP contribution in [0.25, 0.3) is 0 Å². The summed E-state index contributed by atoms with van der Waals surface area (Å²) in [5.74, 6) is -75.8. The molecule has 42 heavy (non-hydrogen) atoms. The Hall–Kier alpha value is -1.12. The maximum Gasteiger partial charge on any atom is 0.460 e. The number of thiol groups is 1. The molecule has 0 nitrogen and oxygen atoms in total. The Bertz CT molecular complexity index is 860. The van der Waals surface area contributed by atoms with Crippen LogP contribution in [-0.2, 0) is 0 Å². The van der Waals surface area contributed by atoms with E-state index < -0.39 is 78.7 Å². The van der Waals surface area contributed by atoms with E-state index in [1.807, 2.05) is 0 Å². The lowest BCUT2D eigenvalue weighted by atomic mass is 9.85. The van der Waals surface area contributed by atoms with Gasteiger partial charge in [0.05, 0.1) is 0 Å². The smallest absolute Gasteiger partial charge is 0.200 e. The molecule has 0 radical (unpaired) electrons. The molecule has 0 aromatic rings. The predicted molar refractivity (Wildman–Crippen MR) is 106 cm³/mol. The summed E-state index contributed by atoms with van der Waals surface area (Å²) in [5, 5.41) is 0. The summed E-state index contributed by atoms with van der Waals surface area (Å²) in [7, 11) is 0. The minimum atomic E-state index is -9.14. The lowest BCUT2D eigenvalue weighted by Gasteiger charge is -2.44. The minimum absolute atomic E-state index is 0.0365. The summed E-state index contributed by atoms with van der Waals surface area (Å²) in [6.45, 7) is 0. The fourth-order valence-corrected chi connectivity index (χ4v) is 3.49. The van der Waals surface area contributed by atoms with Crippen LogP contribution in [0.5, 0.6) is 0 Å². The molecule has 0 spiro atoms. The molecule has 0 aromatic heterocycles. The van der Waals surface area contributed by atoms with Gasteiger partial charge >= 0.3 is 59.5 Å². The van der Waals surface area contributed by atoms with Crippen LogP contribution in [0.1, 0.15) is 57.8 Å². The quantitative estimate of drug-likeness (QED) is 0.0825. The van der Waals surface area contributed by atoms with E-state index in [0.717, 1.165) is 0 Å². The highest BCUT2D eigenvalue weighted by atomic mass is 32.1. The second-order valence-electron chi connectivity index (χ2n) is 9.10. The number of unbranched alkanes of at least 4 members (excludes halogenated alkanes) is 7. The maximum atomic E-state index is 13.8. The molecule has 0 aliphatic rings. The van der Waals surface area contributed by atoms with E-state index in [-0.39, 0.29) is 12.8 Å². The molecule has 0 fully saturated rings. The fraction of sp³-hybridized carbons (Fsp3) is 1.00. The second-order valence-corrected chi connectivity index (χ2v) is 9.55. The van der Waals surface area contributed by atoms with Gasteiger partial charge in [0, 0.05) is 6.42 Å². The Balaban J connectivity index is 6.21. The summed E-state index contributed by atoms with van der Waals surface area (Å²) < 4.78 is 280. The van der Waals surface area contributed by atoms with E-state index in [9.17, 15) is 92.2 Å². The standard InChI is InChI=1S/C20H21F21S/c21-11(22,9-7-5-3-1-2-4-6-8-10-42)12(23,24)13(25,26)14(27,28)15(29,30)16(31,32)17(33,34)18(35,36)19(37,38)20(39,40)41/h42H,1-10H2. The van der Waals surface area contributed by atoms with Crippen LogP contribution in [-0.4, -0.2) is 65.2 Å². The van der Waals surface area contributed by atoms with Gasteiger partial charge in [0.1, 0.15) is 0 Å². The van der Waals surface area contributed by atoms with Gasteiger partial charge in [-0.1, -0.05) is 38.5 Å². The monoisotopic (exact) mass is 692 g/mol. The van der Waals surface area contributed by atoms with Crippen LogP contribution in [0.3, 0.4) is 0 Å². The van der Waals surface area contributed by atoms with Crippen molar-refractivity contribution in [2.24, 2.45) is 0 Å². The first kappa shape index (κ1) is 40.9. The van der Waals surface area contributed by atoms with Crippen LogP contribution in [0.15, 0.2) is 0 Å². The average Bonchev–Trinajstić information content (AvgIpc) is 2.81. The highest BCUT2D eigenvalue weighted by Crippen LogP contribution is 2.66. The number of alkyl halides is 21. The number of halogens is 21. The summed E-state index contributed by atoms with van der Waals surface area (Å²) in [5.41, 5.74) is 0. The van der Waals surface area contributed by atoms with Gasteiger partial charge in [0.2, 0.25) is 0 Å². The van der Waals surface area contributed by atoms with Crippen molar-refractivity contribution in [3.05, 3.63) is 0 Å². The molecule has 22 heteroatoms. The van der Waals surface area contributed by atoms with E-state index in [4.69, 9.17) is 0 Å². The SMILES string of the molecule is FC(F)(F)C(F)(F)C(F)(F)C(F)(F)C(F)(F)C(F)(F)C(F)(F)C(F)(F)C(F)(F)C(F)(F)CCCCCCCCCCS. The van der Waals surface area contributed by atoms with Crippen molar-refractivity contribution >= 4 is 12.6 Å². The molecule has 0 aliphatic carbocycles. The first-order valence-electron chi connectivity index (χ1n) is 11.4. The van der Waals surface area contributed by atoms with Gasteiger partial charge in [-0.05, 0) is 18.6 Å². The third kappa shape index (κ3) is 6.61. The largest absolute Gasteiger partial charge is 0.460 e. The summed E-state index contributed by atoms with van der Waals surface area (Å²) in [6, 6.07) is 0.